The van der Waals surface area contributed by atoms with E-state index in [0.717, 1.165) is 18.8 Å². The lowest BCUT2D eigenvalue weighted by molar-refractivity contribution is 0.102. The Balaban J connectivity index is 1.55. The van der Waals surface area contributed by atoms with E-state index in [0.29, 0.717) is 22.1 Å². The molecule has 0 unspecified atom stereocenters. The number of hydrogen-bond donors (Lipinski definition) is 1. The Morgan fingerprint density at radius 3 is 2.54 bits per heavy atom. The molecule has 4 rings (SSSR count). The molecule has 0 radical (unpaired) electrons. The van der Waals surface area contributed by atoms with Gasteiger partial charge in [0.2, 0.25) is 0 Å². The van der Waals surface area contributed by atoms with Crippen LogP contribution < -0.4 is 10.2 Å². The number of carbonyl (C=O) groups excluding carboxylic acids is 1. The lowest BCUT2D eigenvalue weighted by Crippen LogP contribution is -2.29. The van der Waals surface area contributed by atoms with Crippen molar-refractivity contribution in [3.63, 3.8) is 0 Å². The SMILES string of the molecule is Cc1nc2ccc(Cl)cn2c1C(=O)Nc1ccc(N2CCCCC2)cc1. The molecule has 5 nitrogen and oxygen atoms in total. The Bertz CT molecular complexity index is 942. The average molecular weight is 369 g/mol. The average Bonchev–Trinajstić information content (AvgIpc) is 2.98. The lowest BCUT2D eigenvalue weighted by atomic mass is 10.1. The summed E-state index contributed by atoms with van der Waals surface area (Å²) < 4.78 is 1.73. The van der Waals surface area contributed by atoms with E-state index in [1.807, 2.05) is 19.1 Å². The molecular formula is C20H21ClN4O. The maximum atomic E-state index is 12.8. The van der Waals surface area contributed by atoms with Gasteiger partial charge in [0.25, 0.3) is 5.91 Å². The molecule has 134 valence electrons. The summed E-state index contributed by atoms with van der Waals surface area (Å²) in [6.07, 6.45) is 5.52. The minimum absolute atomic E-state index is 0.192. The van der Waals surface area contributed by atoms with Crippen molar-refractivity contribution in [2.75, 3.05) is 23.3 Å². The van der Waals surface area contributed by atoms with Gasteiger partial charge in [-0.1, -0.05) is 11.6 Å². The quantitative estimate of drug-likeness (QED) is 0.738. The van der Waals surface area contributed by atoms with Crippen molar-refractivity contribution < 1.29 is 4.79 Å². The summed E-state index contributed by atoms with van der Waals surface area (Å²) in [5.74, 6) is -0.192. The molecule has 6 heteroatoms. The summed E-state index contributed by atoms with van der Waals surface area (Å²) in [6, 6.07) is 11.6. The number of nitrogens with zero attached hydrogens (tertiary/aromatic N) is 3. The standard InChI is InChI=1S/C20H21ClN4O/c1-14-19(25-13-15(21)5-10-18(25)22-14)20(26)23-16-6-8-17(9-7-16)24-11-3-2-4-12-24/h5-10,13H,2-4,11-12H2,1H3,(H,23,26). The summed E-state index contributed by atoms with van der Waals surface area (Å²) in [5, 5.41) is 3.53. The molecular weight excluding hydrogens is 348 g/mol. The second-order valence-corrected chi connectivity index (χ2v) is 7.11. The van der Waals surface area contributed by atoms with Gasteiger partial charge in [0, 0.05) is 30.7 Å². The van der Waals surface area contributed by atoms with E-state index in [1.165, 1.54) is 24.9 Å². The maximum Gasteiger partial charge on any atom is 0.274 e. The molecule has 0 saturated carbocycles. The van der Waals surface area contributed by atoms with E-state index < -0.39 is 0 Å². The van der Waals surface area contributed by atoms with Gasteiger partial charge in [-0.2, -0.15) is 0 Å². The molecule has 3 aromatic rings. The summed E-state index contributed by atoms with van der Waals surface area (Å²) in [4.78, 5) is 19.6. The summed E-state index contributed by atoms with van der Waals surface area (Å²) >= 11 is 6.07. The van der Waals surface area contributed by atoms with E-state index in [2.05, 4.69) is 27.3 Å². The first-order chi connectivity index (χ1) is 12.6. The summed E-state index contributed by atoms with van der Waals surface area (Å²) in [5.41, 5.74) is 3.86. The zero-order valence-electron chi connectivity index (χ0n) is 14.7. The van der Waals surface area contributed by atoms with Crippen LogP contribution in [0.3, 0.4) is 0 Å². The van der Waals surface area contributed by atoms with Crippen molar-refractivity contribution in [1.29, 1.82) is 0 Å². The maximum absolute atomic E-state index is 12.8. The van der Waals surface area contributed by atoms with Gasteiger partial charge >= 0.3 is 0 Å². The van der Waals surface area contributed by atoms with Crippen LogP contribution in [0.5, 0.6) is 0 Å². The number of hydrogen-bond acceptors (Lipinski definition) is 3. The van der Waals surface area contributed by atoms with Crippen LogP contribution in [0.1, 0.15) is 35.4 Å². The van der Waals surface area contributed by atoms with Crippen molar-refractivity contribution in [2.45, 2.75) is 26.2 Å². The number of benzene rings is 1. The third-order valence-corrected chi connectivity index (χ3v) is 5.04. The van der Waals surface area contributed by atoms with Gasteiger partial charge < -0.3 is 10.2 Å². The number of pyridine rings is 1. The number of carbonyl (C=O) groups is 1. The Labute approximate surface area is 157 Å². The van der Waals surface area contributed by atoms with E-state index in [-0.39, 0.29) is 5.91 Å². The van der Waals surface area contributed by atoms with Crippen molar-refractivity contribution >= 4 is 34.5 Å². The highest BCUT2D eigenvalue weighted by atomic mass is 35.5. The van der Waals surface area contributed by atoms with E-state index in [4.69, 9.17) is 11.6 Å². The molecule has 1 N–H and O–H groups in total. The molecule has 1 aliphatic rings. The number of halogens is 1. The van der Waals surface area contributed by atoms with Crippen LogP contribution in [-0.4, -0.2) is 28.4 Å². The third-order valence-electron chi connectivity index (χ3n) is 4.82. The van der Waals surface area contributed by atoms with E-state index in [1.54, 1.807) is 22.7 Å². The predicted octanol–water partition coefficient (Wildman–Crippen LogP) is 4.54. The van der Waals surface area contributed by atoms with E-state index in [9.17, 15) is 4.79 Å². The molecule has 0 bridgehead atoms. The number of nitrogens with one attached hydrogen (secondary N) is 1. The first-order valence-corrected chi connectivity index (χ1v) is 9.30. The number of rotatable bonds is 3. The van der Waals surface area contributed by atoms with Gasteiger partial charge in [0.15, 0.2) is 0 Å². The van der Waals surface area contributed by atoms with Crippen molar-refractivity contribution in [2.24, 2.45) is 0 Å². The number of aromatic nitrogens is 2. The number of piperidine rings is 1. The van der Waals surface area contributed by atoms with Crippen LogP contribution in [0.2, 0.25) is 5.02 Å². The van der Waals surface area contributed by atoms with Gasteiger partial charge in [-0.05, 0) is 62.6 Å². The van der Waals surface area contributed by atoms with Crippen LogP contribution in [0.4, 0.5) is 11.4 Å². The van der Waals surface area contributed by atoms with Crippen LogP contribution >= 0.6 is 11.6 Å². The number of imidazole rings is 1. The molecule has 1 amide bonds. The fourth-order valence-electron chi connectivity index (χ4n) is 3.51. The molecule has 1 fully saturated rings. The second kappa shape index (κ2) is 7.00. The van der Waals surface area contributed by atoms with Crippen LogP contribution in [-0.2, 0) is 0 Å². The van der Waals surface area contributed by atoms with Gasteiger partial charge in [0.1, 0.15) is 11.3 Å². The zero-order chi connectivity index (χ0) is 18.1. The molecule has 2 aromatic heterocycles. The largest absolute Gasteiger partial charge is 0.372 e. The van der Waals surface area contributed by atoms with Crippen LogP contribution in [0.15, 0.2) is 42.6 Å². The minimum atomic E-state index is -0.192. The van der Waals surface area contributed by atoms with Gasteiger partial charge in [0.05, 0.1) is 10.7 Å². The minimum Gasteiger partial charge on any atom is -0.372 e. The number of anilines is 2. The van der Waals surface area contributed by atoms with Crippen LogP contribution in [0, 0.1) is 6.92 Å². The third kappa shape index (κ3) is 3.27. The van der Waals surface area contributed by atoms with Gasteiger partial charge in [-0.3, -0.25) is 9.20 Å². The Kier molecular flexibility index (Phi) is 4.55. The molecule has 3 heterocycles. The van der Waals surface area contributed by atoms with Crippen molar-refractivity contribution in [3.05, 3.63) is 59.0 Å². The summed E-state index contributed by atoms with van der Waals surface area (Å²) in [6.45, 7) is 4.04. The highest BCUT2D eigenvalue weighted by molar-refractivity contribution is 6.30. The second-order valence-electron chi connectivity index (χ2n) is 6.67. The monoisotopic (exact) mass is 368 g/mol. The molecule has 0 aliphatic carbocycles. The normalized spacial score (nSPS) is 14.6. The first kappa shape index (κ1) is 16.9. The number of amides is 1. The van der Waals surface area contributed by atoms with Gasteiger partial charge in [-0.25, -0.2) is 4.98 Å². The Morgan fingerprint density at radius 1 is 1.08 bits per heavy atom. The highest BCUT2D eigenvalue weighted by Crippen LogP contribution is 2.23. The first-order valence-electron chi connectivity index (χ1n) is 8.92. The number of aryl methyl sites for hydroxylation is 1. The fourth-order valence-corrected chi connectivity index (χ4v) is 3.67. The van der Waals surface area contributed by atoms with Crippen molar-refractivity contribution in [1.82, 2.24) is 9.38 Å². The van der Waals surface area contributed by atoms with Crippen molar-refractivity contribution in [3.8, 4) is 0 Å². The molecule has 0 atom stereocenters. The van der Waals surface area contributed by atoms with Crippen LogP contribution in [0.25, 0.3) is 5.65 Å². The number of fused-ring (bicyclic) bond motifs is 1. The topological polar surface area (TPSA) is 49.6 Å². The smallest absolute Gasteiger partial charge is 0.274 e. The highest BCUT2D eigenvalue weighted by Gasteiger charge is 2.17. The molecule has 0 spiro atoms. The summed E-state index contributed by atoms with van der Waals surface area (Å²) in [7, 11) is 0. The lowest BCUT2D eigenvalue weighted by Gasteiger charge is -2.28. The molecule has 26 heavy (non-hydrogen) atoms. The Hall–Kier alpha value is -2.53. The molecule has 1 aromatic carbocycles. The van der Waals surface area contributed by atoms with Gasteiger partial charge in [-0.15, -0.1) is 0 Å². The predicted molar refractivity (Wildman–Crippen MR) is 105 cm³/mol. The van der Waals surface area contributed by atoms with E-state index >= 15 is 0 Å². The molecule has 1 saturated heterocycles. The Morgan fingerprint density at radius 2 is 1.81 bits per heavy atom. The zero-order valence-corrected chi connectivity index (χ0v) is 15.5. The molecule has 1 aliphatic heterocycles. The fraction of sp³-hybridized carbons (Fsp3) is 0.300.